The van der Waals surface area contributed by atoms with E-state index in [0.717, 1.165) is 43.5 Å². The summed E-state index contributed by atoms with van der Waals surface area (Å²) in [5.74, 6) is -1.12. The Balaban J connectivity index is 0.000000212. The highest BCUT2D eigenvalue weighted by molar-refractivity contribution is 5.86. The minimum atomic E-state index is -1.12. The number of carbonyl (C=O) groups is 2. The Kier molecular flexibility index (Phi) is 9.45. The monoisotopic (exact) mass is 489 g/mol. The number of carboxylic acid groups (broad SMARTS) is 1. The second-order valence-corrected chi connectivity index (χ2v) is 9.63. The summed E-state index contributed by atoms with van der Waals surface area (Å²) in [7, 11) is 0. The van der Waals surface area contributed by atoms with E-state index in [9.17, 15) is 9.59 Å². The first-order valence-electron chi connectivity index (χ1n) is 13.1. The first kappa shape index (κ1) is 27.2. The van der Waals surface area contributed by atoms with Crippen LogP contribution in [0.25, 0.3) is 11.1 Å². The van der Waals surface area contributed by atoms with Crippen LogP contribution >= 0.6 is 0 Å². The summed E-state index contributed by atoms with van der Waals surface area (Å²) < 4.78 is 1.13. The fourth-order valence-corrected chi connectivity index (χ4v) is 5.17. The van der Waals surface area contributed by atoms with Gasteiger partial charge in [0.15, 0.2) is 5.69 Å². The van der Waals surface area contributed by atoms with E-state index >= 15 is 0 Å². The molecule has 0 atom stereocenters. The van der Waals surface area contributed by atoms with Gasteiger partial charge in [-0.2, -0.15) is 9.78 Å². The number of hydrogen-bond acceptors (Lipinski definition) is 3. The third kappa shape index (κ3) is 6.42. The van der Waals surface area contributed by atoms with Crippen molar-refractivity contribution in [3.05, 3.63) is 77.6 Å². The van der Waals surface area contributed by atoms with Gasteiger partial charge in [-0.3, -0.25) is 0 Å². The Bertz CT molecular complexity index is 1150. The lowest BCUT2D eigenvalue weighted by Gasteiger charge is -2.41. The average molecular weight is 490 g/mol. The van der Waals surface area contributed by atoms with Crippen LogP contribution in [-0.2, 0) is 6.42 Å². The molecule has 1 aliphatic heterocycles. The maximum atomic E-state index is 12.3. The SMILES string of the molecule is CCCC1(CC)CCN(C(=O)n2ccc(C(=O)O)n2)CC1.CCc1cccc(-c2ccccc2)c1C. The summed E-state index contributed by atoms with van der Waals surface area (Å²) in [5.41, 5.74) is 5.78. The first-order chi connectivity index (χ1) is 17.3. The Labute approximate surface area is 215 Å². The van der Waals surface area contributed by atoms with Crippen molar-refractivity contribution in [2.24, 2.45) is 5.41 Å². The number of hydrogen-bond donors (Lipinski definition) is 1. The number of aromatic nitrogens is 2. The van der Waals surface area contributed by atoms with Crippen LogP contribution in [-0.4, -0.2) is 44.9 Å². The van der Waals surface area contributed by atoms with Crippen LogP contribution in [0, 0.1) is 12.3 Å². The fraction of sp³-hybridized carbons (Fsp3) is 0.433. The molecule has 3 aromatic rings. The van der Waals surface area contributed by atoms with Gasteiger partial charge in [0.05, 0.1) is 0 Å². The molecule has 192 valence electrons. The highest BCUT2D eigenvalue weighted by Crippen LogP contribution is 2.39. The molecule has 0 saturated carbocycles. The van der Waals surface area contributed by atoms with E-state index in [4.69, 9.17) is 5.11 Å². The molecule has 1 fully saturated rings. The zero-order valence-corrected chi connectivity index (χ0v) is 22.0. The molecule has 0 radical (unpaired) electrons. The van der Waals surface area contributed by atoms with Gasteiger partial charge in [-0.05, 0) is 66.3 Å². The number of carbonyl (C=O) groups excluding carboxylic acids is 1. The molecule has 0 unspecified atom stereocenters. The molecule has 0 bridgehead atoms. The lowest BCUT2D eigenvalue weighted by atomic mass is 9.73. The van der Waals surface area contributed by atoms with Gasteiger partial charge >= 0.3 is 12.0 Å². The lowest BCUT2D eigenvalue weighted by Crippen LogP contribution is -2.44. The maximum Gasteiger partial charge on any atom is 0.356 e. The van der Waals surface area contributed by atoms with Crippen LogP contribution in [0.5, 0.6) is 0 Å². The predicted octanol–water partition coefficient (Wildman–Crippen LogP) is 7.07. The van der Waals surface area contributed by atoms with E-state index in [1.54, 1.807) is 4.90 Å². The number of piperidine rings is 1. The van der Waals surface area contributed by atoms with Gasteiger partial charge in [-0.1, -0.05) is 82.1 Å². The summed E-state index contributed by atoms with van der Waals surface area (Å²) in [6, 6.07) is 18.2. The molecule has 36 heavy (non-hydrogen) atoms. The molecule has 1 aromatic heterocycles. The molecule has 2 heterocycles. The Hall–Kier alpha value is -3.41. The van der Waals surface area contributed by atoms with Crippen LogP contribution in [0.3, 0.4) is 0 Å². The number of rotatable bonds is 6. The minimum Gasteiger partial charge on any atom is -0.476 e. The van der Waals surface area contributed by atoms with Crippen molar-refractivity contribution in [3.63, 3.8) is 0 Å². The lowest BCUT2D eigenvalue weighted by molar-refractivity contribution is 0.0689. The summed E-state index contributed by atoms with van der Waals surface area (Å²) in [6.45, 7) is 10.3. The van der Waals surface area contributed by atoms with Gasteiger partial charge in [0, 0.05) is 19.3 Å². The summed E-state index contributed by atoms with van der Waals surface area (Å²) in [4.78, 5) is 24.9. The van der Waals surface area contributed by atoms with Crippen molar-refractivity contribution in [1.29, 1.82) is 0 Å². The van der Waals surface area contributed by atoms with Gasteiger partial charge in [0.2, 0.25) is 0 Å². The Morgan fingerprint density at radius 1 is 0.972 bits per heavy atom. The van der Waals surface area contributed by atoms with Crippen LogP contribution < -0.4 is 0 Å². The second-order valence-electron chi connectivity index (χ2n) is 9.63. The molecule has 1 amide bonds. The number of benzene rings is 2. The molecule has 0 spiro atoms. The average Bonchev–Trinajstić information content (AvgIpc) is 3.41. The highest BCUT2D eigenvalue weighted by atomic mass is 16.4. The largest absolute Gasteiger partial charge is 0.476 e. The topological polar surface area (TPSA) is 75.4 Å². The molecule has 1 saturated heterocycles. The molecule has 0 aliphatic carbocycles. The zero-order valence-electron chi connectivity index (χ0n) is 22.0. The molecule has 6 heteroatoms. The summed E-state index contributed by atoms with van der Waals surface area (Å²) in [6.07, 6.45) is 8.06. The maximum absolute atomic E-state index is 12.3. The number of aryl methyl sites for hydroxylation is 1. The normalized spacial score (nSPS) is 14.6. The fourth-order valence-electron chi connectivity index (χ4n) is 5.17. The van der Waals surface area contributed by atoms with Gasteiger partial charge in [-0.15, -0.1) is 0 Å². The van der Waals surface area contributed by atoms with Crippen molar-refractivity contribution < 1.29 is 14.7 Å². The van der Waals surface area contributed by atoms with Crippen LogP contribution in [0.15, 0.2) is 60.8 Å². The third-order valence-electron chi connectivity index (χ3n) is 7.54. The molecule has 1 aliphatic rings. The number of aromatic carboxylic acids is 1. The van der Waals surface area contributed by atoms with Crippen molar-refractivity contribution in [1.82, 2.24) is 14.7 Å². The van der Waals surface area contributed by atoms with Gasteiger partial charge in [0.1, 0.15) is 0 Å². The predicted molar refractivity (Wildman–Crippen MR) is 144 cm³/mol. The summed E-state index contributed by atoms with van der Waals surface area (Å²) in [5, 5.41) is 12.7. The highest BCUT2D eigenvalue weighted by Gasteiger charge is 2.34. The summed E-state index contributed by atoms with van der Waals surface area (Å²) >= 11 is 0. The van der Waals surface area contributed by atoms with Gasteiger partial charge in [0.25, 0.3) is 0 Å². The first-order valence-corrected chi connectivity index (χ1v) is 13.1. The molecule has 4 rings (SSSR count). The van der Waals surface area contributed by atoms with E-state index in [1.807, 2.05) is 0 Å². The molecular weight excluding hydrogens is 450 g/mol. The number of nitrogens with zero attached hydrogens (tertiary/aromatic N) is 3. The number of likely N-dealkylation sites (tertiary alicyclic amines) is 1. The van der Waals surface area contributed by atoms with Crippen molar-refractivity contribution in [2.75, 3.05) is 13.1 Å². The van der Waals surface area contributed by atoms with Crippen molar-refractivity contribution in [2.45, 2.75) is 66.2 Å². The van der Waals surface area contributed by atoms with E-state index in [0.29, 0.717) is 5.41 Å². The van der Waals surface area contributed by atoms with Crippen LogP contribution in [0.4, 0.5) is 4.79 Å². The van der Waals surface area contributed by atoms with Crippen molar-refractivity contribution >= 4 is 12.0 Å². The Morgan fingerprint density at radius 2 is 1.67 bits per heavy atom. The smallest absolute Gasteiger partial charge is 0.356 e. The van der Waals surface area contributed by atoms with Crippen LogP contribution in [0.2, 0.25) is 0 Å². The van der Waals surface area contributed by atoms with Gasteiger partial charge < -0.3 is 10.0 Å². The molecule has 2 aromatic carbocycles. The number of amides is 1. The quantitative estimate of drug-likeness (QED) is 0.402. The van der Waals surface area contributed by atoms with Gasteiger partial charge in [-0.25, -0.2) is 9.59 Å². The molecule has 6 nitrogen and oxygen atoms in total. The third-order valence-corrected chi connectivity index (χ3v) is 7.54. The van der Waals surface area contributed by atoms with Crippen LogP contribution in [0.1, 0.15) is 74.5 Å². The van der Waals surface area contributed by atoms with E-state index in [-0.39, 0.29) is 11.7 Å². The minimum absolute atomic E-state index is 0.103. The second kappa shape index (κ2) is 12.5. The van der Waals surface area contributed by atoms with E-state index in [2.05, 4.69) is 81.3 Å². The van der Waals surface area contributed by atoms with E-state index in [1.165, 1.54) is 47.4 Å². The van der Waals surface area contributed by atoms with E-state index < -0.39 is 5.97 Å². The zero-order chi connectivity index (χ0) is 26.1. The number of carboxylic acids is 1. The molecule has 1 N–H and O–H groups in total. The standard InChI is InChI=1S/C15H23N3O3.C15H16/c1-3-6-15(4-2)7-10-17(11-8-15)14(21)18-9-5-12(16-18)13(19)20;1-3-13-10-7-11-15(12(13)2)14-8-5-4-6-9-14/h5,9H,3-4,6-8,10-11H2,1-2H3,(H,19,20);4-11H,3H2,1-2H3. The molecular formula is C30H39N3O3. The Morgan fingerprint density at radius 3 is 2.22 bits per heavy atom. The van der Waals surface area contributed by atoms with Crippen molar-refractivity contribution in [3.8, 4) is 11.1 Å².